The number of nitrogens with one attached hydrogen (secondary N) is 17. The molecule has 16 aromatic heterocycles. The van der Waals surface area contributed by atoms with Crippen molar-refractivity contribution < 1.29 is 54.6 Å². The molecule has 0 bridgehead atoms. The van der Waals surface area contributed by atoms with Crippen molar-refractivity contribution in [3.63, 3.8) is 0 Å². The minimum atomic E-state index is -0.446. The molecule has 0 fully saturated rings. The van der Waals surface area contributed by atoms with Gasteiger partial charge in [0.15, 0.2) is 81.0 Å². The van der Waals surface area contributed by atoms with Crippen LogP contribution in [0, 0.1) is 50.7 Å². The van der Waals surface area contributed by atoms with Crippen molar-refractivity contribution in [3.8, 4) is 0 Å². The summed E-state index contributed by atoms with van der Waals surface area (Å²) in [4.78, 5) is 60.0. The van der Waals surface area contributed by atoms with Crippen LogP contribution in [-0.4, -0.2) is 304 Å². The number of aromatic nitrogens is 48. The average molecular weight is 2050 g/mol. The Morgan fingerprint density at radius 2 is 0.423 bits per heavy atom. The molecule has 27 rings (SSSR count). The Bertz CT molecular complexity index is 6670. The molecule has 5 radical (unpaired) electrons. The first kappa shape index (κ1) is 92.2. The molecule has 8 aliphatic heterocycles. The summed E-state index contributed by atoms with van der Waals surface area (Å²) in [5.74, 6) is 8.00. The summed E-state index contributed by atoms with van der Waals surface area (Å²) in [6, 6.07) is 32.3. The van der Waals surface area contributed by atoms with E-state index in [4.69, 9.17) is 43.3 Å². The van der Waals surface area contributed by atoms with E-state index in [2.05, 4.69) is 381 Å². The Morgan fingerprint density at radius 1 is 0.254 bits per heavy atom. The number of hydrazine groups is 1. The van der Waals surface area contributed by atoms with Crippen LogP contribution < -0.4 is 110 Å². The van der Waals surface area contributed by atoms with Crippen molar-refractivity contribution in [2.45, 2.75) is 7.43 Å². The SMILES string of the molecule is C.N=c1nc2n3c(nnnc3n1)NN2.N=c1nc2n3c(nnnc3n1)N[N-]2.N=c1nc2n3c(nnnc3n1)N[N-]2.N=c1nc2n3c(nnnc3n1)N[N-]2.N=c1nc2n3c(nnnc3n1)N[N-]2.N=c1nc2n3c(nnnc3n1)N[N-]2.N=c1nc2n3c(nnnc3n1)N[N-]2.N=c1nc2n3c(nnnc3n1)N[N-]2.[Al].[Ba+2].[CH3+].[Co].[Cu].[H-].[H-].[HH].[Ni].c1ccc(P(c2ccccc2)c2ccccc2)cc1. The normalized spacial score (nSPS) is 11.6. The van der Waals surface area contributed by atoms with Crippen molar-refractivity contribution >= 4 is 231 Å². The van der Waals surface area contributed by atoms with Gasteiger partial charge < -0.3 is 107 Å². The molecule has 657 valence electrons. The van der Waals surface area contributed by atoms with Gasteiger partial charge in [-0.15, -0.1) is 71.4 Å². The van der Waals surface area contributed by atoms with Gasteiger partial charge in [-0.3, -0.25) is 92.1 Å². The van der Waals surface area contributed by atoms with Crippen molar-refractivity contribution in [2.24, 2.45) is 0 Å². The molecular formula is C52H43AlBaCoCuN72NiP-6. The van der Waals surface area contributed by atoms with Crippen LogP contribution in [0.15, 0.2) is 91.0 Å². The van der Waals surface area contributed by atoms with E-state index in [-0.39, 0.29) is 227 Å². The van der Waals surface area contributed by atoms with Gasteiger partial charge >= 0.3 is 48.9 Å². The number of hydrogen-bond acceptors (Lipinski definition) is 57. The Morgan fingerprint density at radius 3 is 0.623 bits per heavy atom. The number of nitrogens with zero attached hydrogens (tertiary/aromatic N) is 55. The fourth-order valence-electron chi connectivity index (χ4n) is 10.7. The van der Waals surface area contributed by atoms with Crippen molar-refractivity contribution in [1.29, 1.82) is 43.3 Å². The molecule has 0 unspecified atom stereocenters. The van der Waals surface area contributed by atoms with E-state index in [1.165, 1.54) is 51.1 Å². The maximum atomic E-state index is 7.25. The van der Waals surface area contributed by atoms with Gasteiger partial charge in [-0.05, 0) is 65.5 Å². The van der Waals surface area contributed by atoms with Crippen LogP contribution in [0.4, 0.5) is 95.2 Å². The van der Waals surface area contributed by atoms with Crippen LogP contribution in [0.25, 0.3) is 84.2 Å². The molecule has 72 nitrogen and oxygen atoms in total. The van der Waals surface area contributed by atoms with E-state index in [1.54, 1.807) is 0 Å². The van der Waals surface area contributed by atoms with Gasteiger partial charge in [-0.2, -0.15) is 9.97 Å². The molecule has 17 N–H and O–H groups in total. The molecule has 8 aliphatic rings. The number of benzene rings is 3. The van der Waals surface area contributed by atoms with Gasteiger partial charge in [0.1, 0.15) is 0 Å². The van der Waals surface area contributed by atoms with Crippen LogP contribution in [0.5, 0.6) is 0 Å². The van der Waals surface area contributed by atoms with Crippen LogP contribution in [0.2, 0.25) is 0 Å². The number of anilines is 9. The molecule has 78 heteroatoms. The molecule has 3 aromatic carbocycles. The van der Waals surface area contributed by atoms with Gasteiger partial charge in [-0.25, -0.2) is 39.3 Å². The van der Waals surface area contributed by atoms with Crippen LogP contribution in [-0.2, 0) is 50.3 Å². The molecule has 0 aliphatic carbocycles. The smallest absolute Gasteiger partial charge is 1.00 e. The minimum absolute atomic E-state index is 0. The monoisotopic (exact) mass is 2050 g/mol. The van der Waals surface area contributed by atoms with Gasteiger partial charge in [0.2, 0.25) is 52.0 Å². The van der Waals surface area contributed by atoms with Crippen molar-refractivity contribution in [2.75, 3.05) is 48.8 Å². The van der Waals surface area contributed by atoms with E-state index in [9.17, 15) is 0 Å². The molecule has 0 spiro atoms. The predicted molar refractivity (Wildman–Crippen MR) is 426 cm³/mol. The third kappa shape index (κ3) is 18.8. The molecule has 130 heavy (non-hydrogen) atoms. The summed E-state index contributed by atoms with van der Waals surface area (Å²) in [6.45, 7) is 0. The second kappa shape index (κ2) is 39.9. The first-order chi connectivity index (χ1) is 60.2. The molecule has 24 heterocycles. The van der Waals surface area contributed by atoms with Crippen LogP contribution in [0.3, 0.4) is 0 Å². The average Bonchev–Trinajstić information content (AvgIpc) is 1.67. The topological polar surface area (TPSA) is 949 Å². The number of hydrogen-bond donors (Lipinski definition) is 17. The first-order valence-electron chi connectivity index (χ1n) is 33.3. The molecule has 0 atom stereocenters. The third-order valence-electron chi connectivity index (χ3n) is 15.5. The third-order valence-corrected chi connectivity index (χ3v) is 18.0. The largest absolute Gasteiger partial charge is 2.00 e. The fourth-order valence-corrected chi connectivity index (χ4v) is 13.0. The van der Waals surface area contributed by atoms with Gasteiger partial charge in [-0.1, -0.05) is 109 Å². The van der Waals surface area contributed by atoms with Crippen LogP contribution >= 0.6 is 7.92 Å². The summed E-state index contributed by atoms with van der Waals surface area (Å²) < 4.78 is 11.9. The molecule has 19 aromatic rings. The zero-order valence-electron chi connectivity index (χ0n) is 64.9. The summed E-state index contributed by atoms with van der Waals surface area (Å²) in [5.41, 5.74) is 49.1. The van der Waals surface area contributed by atoms with Gasteiger partial charge in [0.05, 0.1) is 41.6 Å². The number of rotatable bonds is 3. The summed E-state index contributed by atoms with van der Waals surface area (Å²) in [5, 5.41) is 148. The van der Waals surface area contributed by atoms with E-state index in [1.807, 2.05) is 0 Å². The summed E-state index contributed by atoms with van der Waals surface area (Å²) >= 11 is 0. The van der Waals surface area contributed by atoms with Crippen molar-refractivity contribution in [3.05, 3.63) is 181 Å². The molecule has 0 saturated heterocycles. The Kier molecular flexibility index (Phi) is 28.3. The first-order valence-corrected chi connectivity index (χ1v) is 34.7. The van der Waals surface area contributed by atoms with E-state index < -0.39 is 7.92 Å². The quantitative estimate of drug-likeness (QED) is 0.0444. The second-order valence-electron chi connectivity index (χ2n) is 22.9. The van der Waals surface area contributed by atoms with E-state index in [0.29, 0.717) is 95.2 Å². The van der Waals surface area contributed by atoms with Crippen molar-refractivity contribution in [1.82, 2.24) is 238 Å². The standard InChI is InChI=1S/C18H15P.C4H3N9.7C4H2N9.CH4.CH3.Al.Ba.Co.Cu.Ni.H2.2H/c1-4-10-16(11-5-1)19(17-12-6-2-7-13-17)18-14-8-3-9-15-18;8*5-1-6-2-8-9-4-11-12-10-3(7-1)13(2)4;;;;;;;;;;/h1-15H;(H3,5,6,7,8,9,10,11);7*(H2-,5,6,7,8,9,10,11);1H4;1H3;;;;;;1H;;/q;;7*-1;;+1;;+2;;;;;2*-1. The maximum Gasteiger partial charge on any atom is 2.00 e. The molecular weight excluding hydrogens is 2010 g/mol. The Labute approximate surface area is 798 Å². The fraction of sp³-hybridized carbons (Fsp3) is 0.0192. The minimum Gasteiger partial charge on any atom is -1.00 e. The zero-order chi connectivity index (χ0) is 83.6. The van der Waals surface area contributed by atoms with E-state index in [0.717, 1.165) is 0 Å². The predicted octanol–water partition coefficient (Wildman–Crippen LogP) is -6.44. The Hall–Kier alpha value is -17.0. The van der Waals surface area contributed by atoms with E-state index >= 15 is 0 Å². The van der Waals surface area contributed by atoms with Crippen LogP contribution in [0.1, 0.15) is 11.7 Å². The summed E-state index contributed by atoms with van der Waals surface area (Å²) in [6.07, 6.45) is 0. The zero-order valence-corrected chi connectivity index (χ0v) is 72.4. The van der Waals surface area contributed by atoms with Gasteiger partial charge in [0.25, 0.3) is 11.7 Å². The maximum absolute atomic E-state index is 7.25. The summed E-state index contributed by atoms with van der Waals surface area (Å²) in [7, 11) is -0.446. The molecule has 0 saturated carbocycles. The second-order valence-corrected chi connectivity index (χ2v) is 25.2. The van der Waals surface area contributed by atoms with Gasteiger partial charge in [0, 0.05) is 76.6 Å². The Balaban J connectivity index is 0.000000167. The molecule has 0 amide bonds.